The highest BCUT2D eigenvalue weighted by Crippen LogP contribution is 2.37. The highest BCUT2D eigenvalue weighted by molar-refractivity contribution is 6.23. The van der Waals surface area contributed by atoms with Crippen LogP contribution in [0, 0.1) is 11.8 Å². The van der Waals surface area contributed by atoms with Crippen molar-refractivity contribution >= 4 is 58.5 Å². The third kappa shape index (κ3) is 5.81. The summed E-state index contributed by atoms with van der Waals surface area (Å²) < 4.78 is 4.83. The Bertz CT molecular complexity index is 1420. The molecule has 0 saturated carbocycles. The van der Waals surface area contributed by atoms with Gasteiger partial charge in [-0.3, -0.25) is 19.2 Å². The molecule has 0 fully saturated rings. The van der Waals surface area contributed by atoms with Gasteiger partial charge in [-0.25, -0.2) is 19.2 Å². The van der Waals surface area contributed by atoms with Crippen LogP contribution in [0.5, 0.6) is 5.75 Å². The third-order valence-electron chi connectivity index (χ3n) is 5.28. The predicted octanol–water partition coefficient (Wildman–Crippen LogP) is 0.804. The van der Waals surface area contributed by atoms with Crippen LogP contribution in [0.1, 0.15) is 54.3 Å². The number of aromatic carboxylic acids is 4. The number of ether oxygens (including phenoxy) is 1. The molecule has 0 radical (unpaired) electrons. The average molecular weight is 536 g/mol. The van der Waals surface area contributed by atoms with Crippen molar-refractivity contribution in [1.82, 2.24) is 0 Å². The molecule has 0 aliphatic heterocycles. The Labute approximate surface area is 208 Å². The largest absolute Gasteiger partial charge is 0.481 e. The average Bonchev–Trinajstić information content (AvgIpc) is 2.78. The van der Waals surface area contributed by atoms with Gasteiger partial charge in [0, 0.05) is 10.8 Å². The van der Waals surface area contributed by atoms with E-state index in [-0.39, 0.29) is 0 Å². The number of carboxylic acid groups (broad SMARTS) is 7. The number of hydrogen-bond acceptors (Lipinski definition) is 9. The number of fused-ring (bicyclic) bond motifs is 1. The molecule has 0 aliphatic rings. The topological polar surface area (TPSA) is 287 Å². The second-order valence-electron chi connectivity index (χ2n) is 7.59. The quantitative estimate of drug-likeness (QED) is 0.146. The zero-order chi connectivity index (χ0) is 29.1. The Morgan fingerprint density at radius 2 is 1.05 bits per heavy atom. The monoisotopic (exact) mass is 536 g/mol. The Morgan fingerprint density at radius 3 is 1.45 bits per heavy atom. The Kier molecular flexibility index (Phi) is 8.32. The fraction of sp³-hybridized carbons (Fsp3) is 0.182. The number of carbonyl (C=O) groups excluding carboxylic acids is 1. The molecule has 2 rings (SSSR count). The van der Waals surface area contributed by atoms with E-state index in [0.717, 1.165) is 6.07 Å². The maximum absolute atomic E-state index is 12.5. The number of esters is 1. The minimum atomic E-state index is -2.18. The molecule has 7 N–H and O–H groups in total. The maximum Gasteiger partial charge on any atom is 0.340 e. The van der Waals surface area contributed by atoms with Crippen LogP contribution in [0.2, 0.25) is 0 Å². The summed E-state index contributed by atoms with van der Waals surface area (Å²) in [6.45, 7) is 0. The van der Waals surface area contributed by atoms with Crippen LogP contribution in [0.4, 0.5) is 0 Å². The lowest BCUT2D eigenvalue weighted by atomic mass is 9.87. The van der Waals surface area contributed by atoms with Crippen LogP contribution >= 0.6 is 0 Å². The van der Waals surface area contributed by atoms with Gasteiger partial charge in [0.15, 0.2) is 0 Å². The summed E-state index contributed by atoms with van der Waals surface area (Å²) >= 11 is 0. The van der Waals surface area contributed by atoms with Gasteiger partial charge in [0.25, 0.3) is 0 Å². The van der Waals surface area contributed by atoms with Gasteiger partial charge in [-0.2, -0.15) is 0 Å². The van der Waals surface area contributed by atoms with Crippen LogP contribution in [-0.4, -0.2) is 83.5 Å². The van der Waals surface area contributed by atoms with Gasteiger partial charge in [-0.05, 0) is 18.2 Å². The van der Waals surface area contributed by atoms with E-state index in [0.29, 0.717) is 12.1 Å². The molecular formula is C22H16O16. The molecule has 16 heteroatoms. The van der Waals surface area contributed by atoms with Crippen molar-refractivity contribution in [2.45, 2.75) is 12.8 Å². The fourth-order valence-corrected chi connectivity index (χ4v) is 3.69. The zero-order valence-electron chi connectivity index (χ0n) is 18.6. The van der Waals surface area contributed by atoms with Crippen molar-refractivity contribution in [3.63, 3.8) is 0 Å². The molecule has 200 valence electrons. The minimum Gasteiger partial charge on any atom is -0.481 e. The summed E-state index contributed by atoms with van der Waals surface area (Å²) in [5, 5.41) is 64.0. The summed E-state index contributed by atoms with van der Waals surface area (Å²) in [6, 6.07) is 1.82. The first-order valence-corrected chi connectivity index (χ1v) is 10.0. The van der Waals surface area contributed by atoms with Gasteiger partial charge in [0.2, 0.25) is 0 Å². The summed E-state index contributed by atoms with van der Waals surface area (Å²) in [6.07, 6.45) is -2.53. The van der Waals surface area contributed by atoms with Crippen molar-refractivity contribution < 1.29 is 78.8 Å². The van der Waals surface area contributed by atoms with Crippen molar-refractivity contribution in [1.29, 1.82) is 0 Å². The molecule has 2 atom stereocenters. The van der Waals surface area contributed by atoms with E-state index < -0.39 is 111 Å². The normalized spacial score (nSPS) is 12.2. The molecule has 0 aliphatic carbocycles. The molecule has 16 nitrogen and oxygen atoms in total. The number of hydrogen-bond donors (Lipinski definition) is 7. The highest BCUT2D eigenvalue weighted by Gasteiger charge is 2.38. The number of rotatable bonds is 12. The molecule has 2 aromatic carbocycles. The summed E-state index contributed by atoms with van der Waals surface area (Å²) in [4.78, 5) is 93.9. The molecule has 0 spiro atoms. The molecule has 38 heavy (non-hydrogen) atoms. The van der Waals surface area contributed by atoms with Gasteiger partial charge < -0.3 is 40.5 Å². The number of benzene rings is 2. The number of carbonyl (C=O) groups is 8. The highest BCUT2D eigenvalue weighted by atomic mass is 16.5. The molecule has 0 heterocycles. The van der Waals surface area contributed by atoms with E-state index in [1.165, 1.54) is 0 Å². The molecule has 0 saturated heterocycles. The van der Waals surface area contributed by atoms with Gasteiger partial charge >= 0.3 is 47.8 Å². The van der Waals surface area contributed by atoms with Crippen LogP contribution in [-0.2, 0) is 19.2 Å². The third-order valence-corrected chi connectivity index (χ3v) is 5.28. The molecule has 0 bridgehead atoms. The second kappa shape index (κ2) is 11.0. The lowest BCUT2D eigenvalue weighted by molar-refractivity contribution is -0.159. The van der Waals surface area contributed by atoms with Gasteiger partial charge in [-0.1, -0.05) is 0 Å². The lowest BCUT2D eigenvalue weighted by Crippen LogP contribution is -2.34. The van der Waals surface area contributed by atoms with E-state index in [2.05, 4.69) is 0 Å². The lowest BCUT2D eigenvalue weighted by Gasteiger charge is -2.19. The standard InChI is InChI=1S/C22H16O16/c23-12(24)4-8(19(30)31)9(20(32)33)5-13(25)38-11-3-10(21(34)35)14-6(17(26)27)1-2-7(18(28)29)15(14)16(11)22(36)37/h1-3,8-9H,4-5H2,(H,23,24)(H,26,27)(H,28,29)(H,30,31)(H,32,33)(H,34,35)(H,36,37). The van der Waals surface area contributed by atoms with Gasteiger partial charge in [-0.15, -0.1) is 0 Å². The molecule has 0 amide bonds. The SMILES string of the molecule is O=C(O)CC(C(=O)O)C(CC(=O)Oc1cc(C(=O)O)c2c(C(=O)O)ccc(C(=O)O)c2c1C(=O)O)C(=O)O. The Balaban J connectivity index is 2.79. The van der Waals surface area contributed by atoms with Crippen molar-refractivity contribution in [3.8, 4) is 5.75 Å². The molecule has 2 unspecified atom stereocenters. The second-order valence-corrected chi connectivity index (χ2v) is 7.59. The summed E-state index contributed by atoms with van der Waals surface area (Å²) in [7, 11) is 0. The summed E-state index contributed by atoms with van der Waals surface area (Å²) in [5.41, 5.74) is -3.83. The van der Waals surface area contributed by atoms with Crippen LogP contribution in [0.3, 0.4) is 0 Å². The maximum atomic E-state index is 12.5. The van der Waals surface area contributed by atoms with Crippen molar-refractivity contribution in [3.05, 3.63) is 40.5 Å². The van der Waals surface area contributed by atoms with Gasteiger partial charge in [0.1, 0.15) is 11.3 Å². The first kappa shape index (κ1) is 28.7. The van der Waals surface area contributed by atoms with Crippen LogP contribution in [0.25, 0.3) is 10.8 Å². The molecule has 2 aromatic rings. The van der Waals surface area contributed by atoms with Crippen LogP contribution in [0.15, 0.2) is 18.2 Å². The van der Waals surface area contributed by atoms with E-state index in [4.69, 9.17) is 9.84 Å². The molecular weight excluding hydrogens is 520 g/mol. The first-order chi connectivity index (χ1) is 17.6. The number of carboxylic acids is 7. The van der Waals surface area contributed by atoms with E-state index >= 15 is 0 Å². The van der Waals surface area contributed by atoms with E-state index in [9.17, 15) is 69.0 Å². The van der Waals surface area contributed by atoms with Gasteiger partial charge in [0.05, 0.1) is 41.4 Å². The fourth-order valence-electron chi connectivity index (χ4n) is 3.69. The first-order valence-electron chi connectivity index (χ1n) is 10.0. The Morgan fingerprint density at radius 1 is 0.605 bits per heavy atom. The van der Waals surface area contributed by atoms with E-state index in [1.807, 2.05) is 0 Å². The van der Waals surface area contributed by atoms with Crippen molar-refractivity contribution in [2.75, 3.05) is 0 Å². The summed E-state index contributed by atoms with van der Waals surface area (Å²) in [5.74, 6) is -20.0. The van der Waals surface area contributed by atoms with Crippen LogP contribution < -0.4 is 4.74 Å². The smallest absolute Gasteiger partial charge is 0.340 e. The number of aliphatic carboxylic acids is 3. The predicted molar refractivity (Wildman–Crippen MR) is 117 cm³/mol. The zero-order valence-corrected chi connectivity index (χ0v) is 18.6. The Hall–Kier alpha value is -5.54. The van der Waals surface area contributed by atoms with Crippen molar-refractivity contribution in [2.24, 2.45) is 11.8 Å². The minimum absolute atomic E-state index is 0.409. The van der Waals surface area contributed by atoms with E-state index in [1.54, 1.807) is 0 Å². The molecule has 0 aromatic heterocycles.